The molecule has 0 spiro atoms. The quantitative estimate of drug-likeness (QED) is 0.837. The van der Waals surface area contributed by atoms with Crippen LogP contribution in [-0.2, 0) is 4.74 Å². The van der Waals surface area contributed by atoms with E-state index >= 15 is 0 Å². The molecule has 1 aliphatic rings. The number of hydrogen-bond acceptors (Lipinski definition) is 3. The first-order chi connectivity index (χ1) is 8.68. The molecule has 1 unspecified atom stereocenters. The fraction of sp³-hybridized carbons (Fsp3) is 0.500. The summed E-state index contributed by atoms with van der Waals surface area (Å²) in [5.41, 5.74) is 6.87. The van der Waals surface area contributed by atoms with Gasteiger partial charge in [-0.1, -0.05) is 12.1 Å². The molecule has 0 radical (unpaired) electrons. The third kappa shape index (κ3) is 4.11. The van der Waals surface area contributed by atoms with Crippen molar-refractivity contribution in [2.24, 2.45) is 5.92 Å². The normalized spacial score (nSPS) is 17.3. The highest BCUT2D eigenvalue weighted by atomic mass is 35.5. The van der Waals surface area contributed by atoms with E-state index < -0.39 is 0 Å². The number of carbonyl (C=O) groups excluding carboxylic acids is 1. The summed E-state index contributed by atoms with van der Waals surface area (Å²) in [5, 5.41) is 3.03. The van der Waals surface area contributed by atoms with E-state index in [0.717, 1.165) is 26.1 Å². The molecule has 1 amide bonds. The molecule has 5 heteroatoms. The molecule has 1 heterocycles. The average Bonchev–Trinajstić information content (AvgIpc) is 2.40. The second-order valence-corrected chi connectivity index (χ2v) is 4.80. The molecule has 19 heavy (non-hydrogen) atoms. The Labute approximate surface area is 120 Å². The first-order valence-corrected chi connectivity index (χ1v) is 6.41. The molecular formula is C14H21ClN2O2. The van der Waals surface area contributed by atoms with Crippen molar-refractivity contribution < 1.29 is 9.53 Å². The van der Waals surface area contributed by atoms with E-state index in [-0.39, 0.29) is 24.4 Å². The third-order valence-corrected chi connectivity index (χ3v) is 3.54. The summed E-state index contributed by atoms with van der Waals surface area (Å²) >= 11 is 0. The van der Waals surface area contributed by atoms with Crippen LogP contribution in [0.3, 0.4) is 0 Å². The third-order valence-electron chi connectivity index (χ3n) is 3.54. The number of halogens is 1. The van der Waals surface area contributed by atoms with Crippen LogP contribution >= 0.6 is 12.4 Å². The molecule has 1 atom stereocenters. The molecular weight excluding hydrogens is 264 g/mol. The SMILES string of the molecule is CC(NC(=O)c1ccccc1N)C1CCOCC1.Cl. The molecule has 1 fully saturated rings. The number of para-hydroxylation sites is 1. The molecule has 1 aromatic rings. The minimum atomic E-state index is -0.0907. The van der Waals surface area contributed by atoms with Gasteiger partial charge in [0, 0.05) is 24.9 Å². The van der Waals surface area contributed by atoms with Crippen LogP contribution in [0.5, 0.6) is 0 Å². The van der Waals surface area contributed by atoms with E-state index in [2.05, 4.69) is 5.32 Å². The molecule has 106 valence electrons. The predicted octanol–water partition coefficient (Wildman–Crippen LogP) is 2.24. The molecule has 1 saturated heterocycles. The Morgan fingerprint density at radius 2 is 2.00 bits per heavy atom. The van der Waals surface area contributed by atoms with Gasteiger partial charge in [0.25, 0.3) is 5.91 Å². The Bertz CT molecular complexity index is 420. The van der Waals surface area contributed by atoms with E-state index in [4.69, 9.17) is 10.5 Å². The van der Waals surface area contributed by atoms with Crippen LogP contribution in [0.25, 0.3) is 0 Å². The fourth-order valence-electron chi connectivity index (χ4n) is 2.32. The van der Waals surface area contributed by atoms with Gasteiger partial charge in [-0.3, -0.25) is 4.79 Å². The summed E-state index contributed by atoms with van der Waals surface area (Å²) in [4.78, 5) is 12.1. The van der Waals surface area contributed by atoms with Gasteiger partial charge >= 0.3 is 0 Å². The van der Waals surface area contributed by atoms with Crippen molar-refractivity contribution in [2.45, 2.75) is 25.8 Å². The molecule has 1 aliphatic heterocycles. The average molecular weight is 285 g/mol. The summed E-state index contributed by atoms with van der Waals surface area (Å²) in [6.45, 7) is 3.63. The molecule has 1 aromatic carbocycles. The zero-order valence-corrected chi connectivity index (χ0v) is 11.9. The van der Waals surface area contributed by atoms with Gasteiger partial charge in [-0.2, -0.15) is 0 Å². The van der Waals surface area contributed by atoms with Gasteiger partial charge in [0.1, 0.15) is 0 Å². The van der Waals surface area contributed by atoms with Crippen molar-refractivity contribution in [2.75, 3.05) is 18.9 Å². The van der Waals surface area contributed by atoms with Gasteiger partial charge in [0.05, 0.1) is 5.56 Å². The Morgan fingerprint density at radius 1 is 1.37 bits per heavy atom. The molecule has 4 nitrogen and oxygen atoms in total. The second-order valence-electron chi connectivity index (χ2n) is 4.80. The first kappa shape index (κ1) is 15.8. The van der Waals surface area contributed by atoms with Crippen LogP contribution in [-0.4, -0.2) is 25.2 Å². The standard InChI is InChI=1S/C14H20N2O2.ClH/c1-10(11-6-8-18-9-7-11)16-14(17)12-4-2-3-5-13(12)15;/h2-5,10-11H,6-9,15H2,1H3,(H,16,17);1H. The highest BCUT2D eigenvalue weighted by Crippen LogP contribution is 2.19. The van der Waals surface area contributed by atoms with Crippen molar-refractivity contribution >= 4 is 24.0 Å². The predicted molar refractivity (Wildman–Crippen MR) is 78.6 cm³/mol. The summed E-state index contributed by atoms with van der Waals surface area (Å²) < 4.78 is 5.33. The largest absolute Gasteiger partial charge is 0.398 e. The van der Waals surface area contributed by atoms with Crippen molar-refractivity contribution in [3.8, 4) is 0 Å². The van der Waals surface area contributed by atoms with Crippen molar-refractivity contribution in [3.05, 3.63) is 29.8 Å². The van der Waals surface area contributed by atoms with E-state index in [9.17, 15) is 4.79 Å². The van der Waals surface area contributed by atoms with Crippen LogP contribution in [0.2, 0.25) is 0 Å². The lowest BCUT2D eigenvalue weighted by atomic mass is 9.92. The number of benzene rings is 1. The van der Waals surface area contributed by atoms with Crippen molar-refractivity contribution in [1.29, 1.82) is 0 Å². The second kappa shape index (κ2) is 7.36. The smallest absolute Gasteiger partial charge is 0.253 e. The summed E-state index contributed by atoms with van der Waals surface area (Å²) in [5.74, 6) is 0.403. The van der Waals surface area contributed by atoms with Gasteiger partial charge in [-0.15, -0.1) is 12.4 Å². The number of nitrogens with one attached hydrogen (secondary N) is 1. The van der Waals surface area contributed by atoms with Gasteiger partial charge < -0.3 is 15.8 Å². The highest BCUT2D eigenvalue weighted by molar-refractivity contribution is 5.99. The lowest BCUT2D eigenvalue weighted by Gasteiger charge is -2.28. The number of ether oxygens (including phenoxy) is 1. The molecule has 0 aliphatic carbocycles. The maximum Gasteiger partial charge on any atom is 0.253 e. The van der Waals surface area contributed by atoms with Crippen LogP contribution in [0.15, 0.2) is 24.3 Å². The molecule has 0 saturated carbocycles. The minimum Gasteiger partial charge on any atom is -0.398 e. The fourth-order valence-corrected chi connectivity index (χ4v) is 2.32. The van der Waals surface area contributed by atoms with Crippen molar-refractivity contribution in [3.63, 3.8) is 0 Å². The van der Waals surface area contributed by atoms with E-state index in [1.165, 1.54) is 0 Å². The minimum absolute atomic E-state index is 0. The van der Waals surface area contributed by atoms with Crippen LogP contribution < -0.4 is 11.1 Å². The topological polar surface area (TPSA) is 64.4 Å². The molecule has 0 bridgehead atoms. The van der Waals surface area contributed by atoms with Crippen LogP contribution in [0.1, 0.15) is 30.1 Å². The zero-order valence-electron chi connectivity index (χ0n) is 11.1. The number of carbonyl (C=O) groups is 1. The summed E-state index contributed by atoms with van der Waals surface area (Å²) in [7, 11) is 0. The maximum atomic E-state index is 12.1. The van der Waals surface area contributed by atoms with E-state index in [1.807, 2.05) is 19.1 Å². The number of anilines is 1. The van der Waals surface area contributed by atoms with Crippen molar-refractivity contribution in [1.82, 2.24) is 5.32 Å². The Hall–Kier alpha value is -1.26. The van der Waals surface area contributed by atoms with E-state index in [0.29, 0.717) is 17.2 Å². The Balaban J connectivity index is 0.00000180. The monoisotopic (exact) mass is 284 g/mol. The number of nitrogens with two attached hydrogens (primary N) is 1. The number of rotatable bonds is 3. The number of amides is 1. The Morgan fingerprint density at radius 3 is 2.63 bits per heavy atom. The lowest BCUT2D eigenvalue weighted by molar-refractivity contribution is 0.0538. The molecule has 2 rings (SSSR count). The van der Waals surface area contributed by atoms with Crippen LogP contribution in [0, 0.1) is 5.92 Å². The highest BCUT2D eigenvalue weighted by Gasteiger charge is 2.22. The zero-order chi connectivity index (χ0) is 13.0. The number of nitrogen functional groups attached to an aromatic ring is 1. The van der Waals surface area contributed by atoms with Gasteiger partial charge in [-0.25, -0.2) is 0 Å². The molecule has 0 aromatic heterocycles. The Kier molecular flexibility index (Phi) is 6.12. The first-order valence-electron chi connectivity index (χ1n) is 6.41. The maximum absolute atomic E-state index is 12.1. The summed E-state index contributed by atoms with van der Waals surface area (Å²) in [6.07, 6.45) is 2.01. The van der Waals surface area contributed by atoms with Gasteiger partial charge in [0.15, 0.2) is 0 Å². The van der Waals surface area contributed by atoms with E-state index in [1.54, 1.807) is 12.1 Å². The van der Waals surface area contributed by atoms with Gasteiger partial charge in [0.2, 0.25) is 0 Å². The number of hydrogen-bond donors (Lipinski definition) is 2. The lowest BCUT2D eigenvalue weighted by Crippen LogP contribution is -2.40. The van der Waals surface area contributed by atoms with Crippen LogP contribution in [0.4, 0.5) is 5.69 Å². The van der Waals surface area contributed by atoms with Gasteiger partial charge in [-0.05, 0) is 37.8 Å². The summed E-state index contributed by atoms with van der Waals surface area (Å²) in [6, 6.07) is 7.30. The molecule has 3 N–H and O–H groups in total.